The van der Waals surface area contributed by atoms with Crippen LogP contribution in [0.3, 0.4) is 0 Å². The summed E-state index contributed by atoms with van der Waals surface area (Å²) >= 11 is 0. The summed E-state index contributed by atoms with van der Waals surface area (Å²) in [7, 11) is 1.74. The standard InChI is InChI=1S/C33H42FN3O/c1-8-11-12-15-27(21-31(34)25(5)28(14-10-3)20-24(4)13-9-2)22-36-33-26(6)30(18-19-35-33)29-16-17-32(38)37(7)23-29/h10,12-21,23H,8-9,11,22H2,1-7H3,(H,35,36)/b14-10-,15-12+,24-13+,27-21+,28-20+,31-25-. The van der Waals surface area contributed by atoms with Crippen molar-refractivity contribution in [2.45, 2.75) is 60.8 Å². The molecule has 0 radical (unpaired) electrons. The molecule has 5 heteroatoms. The van der Waals surface area contributed by atoms with Gasteiger partial charge in [0.2, 0.25) is 5.56 Å². The summed E-state index contributed by atoms with van der Waals surface area (Å²) in [5, 5.41) is 3.40. The first-order valence-electron chi connectivity index (χ1n) is 13.3. The number of anilines is 1. The lowest BCUT2D eigenvalue weighted by atomic mass is 10.0. The van der Waals surface area contributed by atoms with Gasteiger partial charge in [-0.3, -0.25) is 4.79 Å². The molecule has 202 valence electrons. The Hall–Kier alpha value is -3.73. The molecule has 38 heavy (non-hydrogen) atoms. The Morgan fingerprint density at radius 2 is 1.89 bits per heavy atom. The average Bonchev–Trinajstić information content (AvgIpc) is 2.89. The quantitative estimate of drug-likeness (QED) is 0.288. The molecule has 2 aromatic heterocycles. The first-order valence-corrected chi connectivity index (χ1v) is 13.3. The molecule has 0 unspecified atom stereocenters. The highest BCUT2D eigenvalue weighted by Crippen LogP contribution is 2.27. The van der Waals surface area contributed by atoms with Crippen LogP contribution < -0.4 is 10.9 Å². The highest BCUT2D eigenvalue weighted by Gasteiger charge is 2.10. The van der Waals surface area contributed by atoms with Gasteiger partial charge in [0, 0.05) is 32.1 Å². The molecule has 2 aromatic rings. The van der Waals surface area contributed by atoms with E-state index in [4.69, 9.17) is 0 Å². The van der Waals surface area contributed by atoms with Crippen molar-refractivity contribution in [3.05, 3.63) is 117 Å². The average molecular weight is 516 g/mol. The second-order valence-electron chi connectivity index (χ2n) is 9.39. The van der Waals surface area contributed by atoms with Gasteiger partial charge >= 0.3 is 0 Å². The highest BCUT2D eigenvalue weighted by molar-refractivity contribution is 5.71. The summed E-state index contributed by atoms with van der Waals surface area (Å²) in [6.45, 7) is 12.4. The second-order valence-corrected chi connectivity index (χ2v) is 9.39. The molecule has 4 nitrogen and oxygen atoms in total. The van der Waals surface area contributed by atoms with Crippen LogP contribution in [0.15, 0.2) is 106 Å². The molecule has 0 aromatic carbocycles. The van der Waals surface area contributed by atoms with Crippen LogP contribution in [0.4, 0.5) is 10.2 Å². The zero-order chi connectivity index (χ0) is 28.1. The van der Waals surface area contributed by atoms with Crippen molar-refractivity contribution in [1.29, 1.82) is 0 Å². The number of hydrogen-bond acceptors (Lipinski definition) is 3. The van der Waals surface area contributed by atoms with E-state index >= 15 is 4.39 Å². The van der Waals surface area contributed by atoms with Crippen LogP contribution in [0.2, 0.25) is 0 Å². The highest BCUT2D eigenvalue weighted by atomic mass is 19.1. The van der Waals surface area contributed by atoms with Gasteiger partial charge in [0.1, 0.15) is 11.6 Å². The van der Waals surface area contributed by atoms with Crippen LogP contribution in [0, 0.1) is 6.92 Å². The normalized spacial score (nSPS) is 13.9. The first kappa shape index (κ1) is 30.5. The van der Waals surface area contributed by atoms with Gasteiger partial charge in [-0.15, -0.1) is 0 Å². The molecule has 0 fully saturated rings. The van der Waals surface area contributed by atoms with Crippen molar-refractivity contribution < 1.29 is 4.39 Å². The lowest BCUT2D eigenvalue weighted by Gasteiger charge is -2.14. The van der Waals surface area contributed by atoms with Gasteiger partial charge in [0.05, 0.1) is 0 Å². The Labute approximate surface area is 227 Å². The molecular weight excluding hydrogens is 473 g/mol. The Bertz CT molecular complexity index is 1340. The number of nitrogens with zero attached hydrogens (tertiary/aromatic N) is 2. The summed E-state index contributed by atoms with van der Waals surface area (Å²) in [6.07, 6.45) is 20.1. The van der Waals surface area contributed by atoms with E-state index in [1.165, 1.54) is 0 Å². The number of halogens is 1. The number of allylic oxidation sites excluding steroid dienone is 10. The van der Waals surface area contributed by atoms with Gasteiger partial charge in [0.15, 0.2) is 0 Å². The van der Waals surface area contributed by atoms with Crippen molar-refractivity contribution in [2.75, 3.05) is 11.9 Å². The smallest absolute Gasteiger partial charge is 0.250 e. The van der Waals surface area contributed by atoms with Crippen LogP contribution in [-0.4, -0.2) is 16.1 Å². The SMILES string of the molecule is C\C=C/C(=C\C(C)=C\CC)C(/C)=C(F)/C=C(\C=C\CCC)CNc1nccc(-c2ccc(=O)n(C)c2)c1C. The number of nitrogens with one attached hydrogen (secondary N) is 1. The summed E-state index contributed by atoms with van der Waals surface area (Å²) < 4.78 is 17.1. The summed E-state index contributed by atoms with van der Waals surface area (Å²) in [6, 6.07) is 5.33. The van der Waals surface area contributed by atoms with Crippen molar-refractivity contribution >= 4 is 5.82 Å². The van der Waals surface area contributed by atoms with Crippen LogP contribution in [-0.2, 0) is 7.05 Å². The molecule has 0 aliphatic rings. The van der Waals surface area contributed by atoms with Gasteiger partial charge in [0.25, 0.3) is 0 Å². The van der Waals surface area contributed by atoms with E-state index in [-0.39, 0.29) is 11.4 Å². The number of pyridine rings is 2. The fraction of sp³-hybridized carbons (Fsp3) is 0.333. The maximum absolute atomic E-state index is 15.5. The maximum Gasteiger partial charge on any atom is 0.250 e. The lowest BCUT2D eigenvalue weighted by molar-refractivity contribution is 0.655. The molecule has 0 aliphatic heterocycles. The van der Waals surface area contributed by atoms with Crippen LogP contribution in [0.25, 0.3) is 11.1 Å². The van der Waals surface area contributed by atoms with Crippen molar-refractivity contribution in [1.82, 2.24) is 9.55 Å². The molecule has 2 rings (SSSR count). The van der Waals surface area contributed by atoms with E-state index in [0.717, 1.165) is 58.5 Å². The van der Waals surface area contributed by atoms with E-state index in [2.05, 4.69) is 36.3 Å². The van der Waals surface area contributed by atoms with Gasteiger partial charge < -0.3 is 9.88 Å². The minimum Gasteiger partial charge on any atom is -0.366 e. The fourth-order valence-electron chi connectivity index (χ4n) is 4.02. The third-order valence-electron chi connectivity index (χ3n) is 6.21. The van der Waals surface area contributed by atoms with E-state index < -0.39 is 0 Å². The number of aryl methyl sites for hydroxylation is 1. The molecule has 0 saturated carbocycles. The number of unbranched alkanes of at least 4 members (excludes halogenated alkanes) is 1. The van der Waals surface area contributed by atoms with Crippen molar-refractivity contribution in [2.24, 2.45) is 7.05 Å². The number of aromatic nitrogens is 2. The topological polar surface area (TPSA) is 46.9 Å². The summed E-state index contributed by atoms with van der Waals surface area (Å²) in [5.41, 5.74) is 6.23. The van der Waals surface area contributed by atoms with Crippen LogP contribution in [0.1, 0.15) is 59.4 Å². The van der Waals surface area contributed by atoms with Gasteiger partial charge in [-0.25, -0.2) is 9.37 Å². The molecule has 0 aliphatic carbocycles. The molecule has 0 bridgehead atoms. The minimum atomic E-state index is -0.264. The van der Waals surface area contributed by atoms with Crippen molar-refractivity contribution in [3.63, 3.8) is 0 Å². The van der Waals surface area contributed by atoms with E-state index in [0.29, 0.717) is 12.1 Å². The molecule has 0 spiro atoms. The molecule has 0 atom stereocenters. The third kappa shape index (κ3) is 8.98. The molecule has 1 N–H and O–H groups in total. The zero-order valence-corrected chi connectivity index (χ0v) is 23.9. The Morgan fingerprint density at radius 3 is 2.55 bits per heavy atom. The maximum atomic E-state index is 15.5. The predicted molar refractivity (Wildman–Crippen MR) is 161 cm³/mol. The van der Waals surface area contributed by atoms with Gasteiger partial charge in [-0.2, -0.15) is 0 Å². The molecular formula is C33H42FN3O. The Morgan fingerprint density at radius 1 is 1.13 bits per heavy atom. The monoisotopic (exact) mass is 515 g/mol. The zero-order valence-electron chi connectivity index (χ0n) is 23.9. The summed E-state index contributed by atoms with van der Waals surface area (Å²) in [4.78, 5) is 16.3. The number of rotatable bonds is 12. The first-order chi connectivity index (χ1) is 18.2. The Kier molecular flexibility index (Phi) is 12.4. The molecule has 0 saturated heterocycles. The Balaban J connectivity index is 2.41. The van der Waals surface area contributed by atoms with Gasteiger partial charge in [-0.1, -0.05) is 62.3 Å². The molecule has 0 amide bonds. The summed E-state index contributed by atoms with van der Waals surface area (Å²) in [5.74, 6) is 0.460. The minimum absolute atomic E-state index is 0.0539. The molecule has 2 heterocycles. The van der Waals surface area contributed by atoms with Crippen LogP contribution in [0.5, 0.6) is 0 Å². The lowest BCUT2D eigenvalue weighted by Crippen LogP contribution is -2.14. The fourth-order valence-corrected chi connectivity index (χ4v) is 4.02. The largest absolute Gasteiger partial charge is 0.366 e. The van der Waals surface area contributed by atoms with Crippen LogP contribution >= 0.6 is 0 Å². The van der Waals surface area contributed by atoms with Crippen molar-refractivity contribution in [3.8, 4) is 11.1 Å². The van der Waals surface area contributed by atoms with E-state index in [9.17, 15) is 4.79 Å². The third-order valence-corrected chi connectivity index (χ3v) is 6.21. The van der Waals surface area contributed by atoms with E-state index in [1.807, 2.05) is 70.3 Å². The second kappa shape index (κ2) is 15.5. The number of hydrogen-bond donors (Lipinski definition) is 1. The predicted octanol–water partition coefficient (Wildman–Crippen LogP) is 8.55. The van der Waals surface area contributed by atoms with E-state index in [1.54, 1.807) is 30.0 Å². The van der Waals surface area contributed by atoms with Gasteiger partial charge in [-0.05, 0) is 92.2 Å².